The summed E-state index contributed by atoms with van der Waals surface area (Å²) in [5.41, 5.74) is 2.72. The summed E-state index contributed by atoms with van der Waals surface area (Å²) in [5, 5.41) is 3.79. The lowest BCUT2D eigenvalue weighted by Crippen LogP contribution is -2.18. The van der Waals surface area contributed by atoms with Gasteiger partial charge in [0.05, 0.1) is 11.2 Å². The highest BCUT2D eigenvalue weighted by atomic mass is 16.2. The van der Waals surface area contributed by atoms with E-state index in [-0.39, 0.29) is 6.03 Å². The van der Waals surface area contributed by atoms with E-state index in [1.165, 1.54) is 10.9 Å². The van der Waals surface area contributed by atoms with E-state index in [1.807, 2.05) is 31.2 Å². The predicted octanol–water partition coefficient (Wildman–Crippen LogP) is 2.82. The first kappa shape index (κ1) is 11.4. The molecule has 0 fully saturated rings. The number of carbonyl (C=O) groups is 1. The van der Waals surface area contributed by atoms with Crippen molar-refractivity contribution in [3.63, 3.8) is 0 Å². The van der Waals surface area contributed by atoms with Crippen molar-refractivity contribution >= 4 is 22.6 Å². The summed E-state index contributed by atoms with van der Waals surface area (Å²) in [7, 11) is 0. The average Bonchev–Trinajstić information content (AvgIpc) is 2.96. The Labute approximate surface area is 109 Å². The fourth-order valence-electron chi connectivity index (χ4n) is 1.98. The minimum atomic E-state index is -0.244. The Morgan fingerprint density at radius 2 is 2.16 bits per heavy atom. The van der Waals surface area contributed by atoms with Crippen LogP contribution in [0.15, 0.2) is 49.2 Å². The maximum atomic E-state index is 12.0. The third kappa shape index (κ3) is 2.06. The summed E-state index contributed by atoms with van der Waals surface area (Å²) in [5.74, 6) is 0. The lowest BCUT2D eigenvalue weighted by Gasteiger charge is -2.09. The molecule has 0 bridgehead atoms. The van der Waals surface area contributed by atoms with E-state index in [2.05, 4.69) is 15.3 Å². The fourth-order valence-corrected chi connectivity index (χ4v) is 1.98. The minimum Gasteiger partial charge on any atom is -0.307 e. The number of imidazole rings is 1. The number of hydrogen-bond acceptors (Lipinski definition) is 3. The Balaban J connectivity index is 2.02. The minimum absolute atomic E-state index is 0.244. The van der Waals surface area contributed by atoms with Crippen LogP contribution in [0.2, 0.25) is 0 Å². The first-order chi connectivity index (χ1) is 9.25. The molecule has 2 aromatic heterocycles. The fraction of sp³-hybridized carbons (Fsp3) is 0.0714. The lowest BCUT2D eigenvalue weighted by molar-refractivity contribution is 0.253. The summed E-state index contributed by atoms with van der Waals surface area (Å²) in [4.78, 5) is 20.2. The van der Waals surface area contributed by atoms with Crippen molar-refractivity contribution in [2.75, 3.05) is 5.32 Å². The van der Waals surface area contributed by atoms with Crippen LogP contribution in [0, 0.1) is 6.92 Å². The molecule has 5 heteroatoms. The number of nitrogens with zero attached hydrogens (tertiary/aromatic N) is 3. The van der Waals surface area contributed by atoms with Crippen molar-refractivity contribution in [3.8, 4) is 0 Å². The van der Waals surface area contributed by atoms with Crippen LogP contribution >= 0.6 is 0 Å². The van der Waals surface area contributed by atoms with E-state index < -0.39 is 0 Å². The van der Waals surface area contributed by atoms with Gasteiger partial charge >= 0.3 is 6.03 Å². The first-order valence-electron chi connectivity index (χ1n) is 5.89. The lowest BCUT2D eigenvalue weighted by atomic mass is 10.1. The highest BCUT2D eigenvalue weighted by Crippen LogP contribution is 2.24. The quantitative estimate of drug-likeness (QED) is 0.724. The maximum absolute atomic E-state index is 12.0. The molecule has 0 aliphatic heterocycles. The molecule has 94 valence electrons. The average molecular weight is 252 g/mol. The Bertz CT molecular complexity index is 734. The normalized spacial score (nSPS) is 10.6. The molecule has 5 nitrogen and oxygen atoms in total. The van der Waals surface area contributed by atoms with E-state index in [1.54, 1.807) is 18.6 Å². The molecule has 3 aromatic rings. The van der Waals surface area contributed by atoms with Gasteiger partial charge in [-0.15, -0.1) is 0 Å². The van der Waals surface area contributed by atoms with Gasteiger partial charge in [0.2, 0.25) is 0 Å². The number of hydrogen-bond donors (Lipinski definition) is 1. The molecule has 0 saturated heterocycles. The van der Waals surface area contributed by atoms with Crippen LogP contribution in [-0.4, -0.2) is 20.6 Å². The van der Waals surface area contributed by atoms with Gasteiger partial charge in [0.15, 0.2) is 0 Å². The molecule has 0 saturated carbocycles. The molecule has 1 N–H and O–H groups in total. The highest BCUT2D eigenvalue weighted by Gasteiger charge is 2.08. The Kier molecular flexibility index (Phi) is 2.72. The largest absolute Gasteiger partial charge is 0.331 e. The van der Waals surface area contributed by atoms with E-state index in [9.17, 15) is 4.79 Å². The zero-order valence-electron chi connectivity index (χ0n) is 10.4. The molecule has 0 atom stereocenters. The number of rotatable bonds is 1. The van der Waals surface area contributed by atoms with Gasteiger partial charge in [-0.25, -0.2) is 9.78 Å². The number of carbonyl (C=O) groups excluding carboxylic acids is 1. The van der Waals surface area contributed by atoms with Crippen molar-refractivity contribution in [2.45, 2.75) is 6.92 Å². The zero-order valence-corrected chi connectivity index (χ0v) is 10.4. The van der Waals surface area contributed by atoms with Crippen molar-refractivity contribution in [3.05, 3.63) is 54.7 Å². The summed E-state index contributed by atoms with van der Waals surface area (Å²) in [6, 6.07) is 7.38. The second kappa shape index (κ2) is 4.53. The van der Waals surface area contributed by atoms with Gasteiger partial charge in [-0.1, -0.05) is 6.07 Å². The standard InChI is InChI=1S/C14H12N4O/c1-10-4-5-12(11-3-2-6-16-13(10)11)17-14(19)18-8-7-15-9-18/h2-9H,1H3,(H,17,19). The summed E-state index contributed by atoms with van der Waals surface area (Å²) < 4.78 is 1.39. The molecule has 0 aliphatic rings. The SMILES string of the molecule is Cc1ccc(NC(=O)n2ccnc2)c2cccnc12. The monoisotopic (exact) mass is 252 g/mol. The number of nitrogens with one attached hydrogen (secondary N) is 1. The third-order valence-electron chi connectivity index (χ3n) is 2.95. The molecule has 3 rings (SSSR count). The molecule has 1 aromatic carbocycles. The maximum Gasteiger partial charge on any atom is 0.331 e. The predicted molar refractivity (Wildman–Crippen MR) is 73.1 cm³/mol. The topological polar surface area (TPSA) is 59.8 Å². The van der Waals surface area contributed by atoms with Gasteiger partial charge in [0.25, 0.3) is 0 Å². The smallest absolute Gasteiger partial charge is 0.307 e. The van der Waals surface area contributed by atoms with Crippen LogP contribution in [-0.2, 0) is 0 Å². The van der Waals surface area contributed by atoms with Crippen molar-refractivity contribution in [2.24, 2.45) is 0 Å². The number of pyridine rings is 1. The first-order valence-corrected chi connectivity index (χ1v) is 5.89. The van der Waals surface area contributed by atoms with Crippen LogP contribution in [0.5, 0.6) is 0 Å². The molecule has 0 radical (unpaired) electrons. The van der Waals surface area contributed by atoms with Crippen molar-refractivity contribution < 1.29 is 4.79 Å². The van der Waals surface area contributed by atoms with Gasteiger partial charge < -0.3 is 5.32 Å². The van der Waals surface area contributed by atoms with E-state index in [4.69, 9.17) is 0 Å². The van der Waals surface area contributed by atoms with Crippen molar-refractivity contribution in [1.29, 1.82) is 0 Å². The van der Waals surface area contributed by atoms with Gasteiger partial charge in [0.1, 0.15) is 6.33 Å². The van der Waals surface area contributed by atoms with Crippen LogP contribution in [0.3, 0.4) is 0 Å². The number of benzene rings is 1. The molecule has 0 aliphatic carbocycles. The van der Waals surface area contributed by atoms with Crippen LogP contribution in [0.1, 0.15) is 5.56 Å². The molecule has 0 spiro atoms. The number of aromatic nitrogens is 3. The second-order valence-corrected chi connectivity index (χ2v) is 4.23. The summed E-state index contributed by atoms with van der Waals surface area (Å²) in [6.45, 7) is 2.00. The van der Waals surface area contributed by atoms with Gasteiger partial charge in [0, 0.05) is 24.0 Å². The van der Waals surface area contributed by atoms with Crippen molar-refractivity contribution in [1.82, 2.24) is 14.5 Å². The number of fused-ring (bicyclic) bond motifs is 1. The van der Waals surface area contributed by atoms with E-state index in [0.717, 1.165) is 22.2 Å². The van der Waals surface area contributed by atoms with Crippen LogP contribution in [0.4, 0.5) is 10.5 Å². The Morgan fingerprint density at radius 3 is 2.95 bits per heavy atom. The molecular weight excluding hydrogens is 240 g/mol. The molecular formula is C14H12N4O. The van der Waals surface area contributed by atoms with E-state index >= 15 is 0 Å². The molecule has 19 heavy (non-hydrogen) atoms. The Morgan fingerprint density at radius 1 is 1.26 bits per heavy atom. The second-order valence-electron chi connectivity index (χ2n) is 4.23. The highest BCUT2D eigenvalue weighted by molar-refractivity contribution is 6.01. The molecule has 0 unspecified atom stereocenters. The molecule has 2 heterocycles. The number of amides is 1. The third-order valence-corrected chi connectivity index (χ3v) is 2.95. The molecule has 1 amide bonds. The number of aryl methyl sites for hydroxylation is 1. The van der Waals surface area contributed by atoms with Gasteiger partial charge in [-0.05, 0) is 30.7 Å². The van der Waals surface area contributed by atoms with Crippen LogP contribution < -0.4 is 5.32 Å². The van der Waals surface area contributed by atoms with E-state index in [0.29, 0.717) is 0 Å². The van der Waals surface area contributed by atoms with Gasteiger partial charge in [-0.3, -0.25) is 9.55 Å². The van der Waals surface area contributed by atoms with Gasteiger partial charge in [-0.2, -0.15) is 0 Å². The van der Waals surface area contributed by atoms with Crippen LogP contribution in [0.25, 0.3) is 10.9 Å². The zero-order chi connectivity index (χ0) is 13.2. The summed E-state index contributed by atoms with van der Waals surface area (Å²) in [6.07, 6.45) is 6.37. The Hall–Kier alpha value is -2.69. The summed E-state index contributed by atoms with van der Waals surface area (Å²) >= 11 is 0. The number of anilines is 1.